The Balaban J connectivity index is 2.47. The maximum atomic E-state index is 11.7. The van der Waals surface area contributed by atoms with Crippen molar-refractivity contribution in [3.8, 4) is 0 Å². The van der Waals surface area contributed by atoms with Gasteiger partial charge in [-0.1, -0.05) is 13.8 Å². The van der Waals surface area contributed by atoms with E-state index in [-0.39, 0.29) is 16.1 Å². The van der Waals surface area contributed by atoms with E-state index in [4.69, 9.17) is 17.2 Å². The lowest BCUT2D eigenvalue weighted by atomic mass is 9.92. The zero-order valence-corrected chi connectivity index (χ0v) is 12.5. The first-order valence-electron chi connectivity index (χ1n) is 6.58. The van der Waals surface area contributed by atoms with Crippen LogP contribution in [0.2, 0.25) is 0 Å². The number of anilines is 2. The quantitative estimate of drug-likeness (QED) is 0.772. The molecule has 1 aliphatic heterocycles. The first-order valence-corrected chi connectivity index (χ1v) is 7.39. The van der Waals surface area contributed by atoms with E-state index in [1.165, 1.54) is 0 Å². The summed E-state index contributed by atoms with van der Waals surface area (Å²) in [5.74, 6) is -0.217. The van der Waals surface area contributed by atoms with Crippen LogP contribution in [0.5, 0.6) is 0 Å². The molecule has 0 aliphatic carbocycles. The highest BCUT2D eigenvalue weighted by Gasteiger charge is 2.30. The molecule has 0 spiro atoms. The maximum Gasteiger partial charge on any atom is 0.260 e. The molecule has 1 aliphatic rings. The molecule has 1 aromatic heterocycles. The second kappa shape index (κ2) is 5.32. The minimum Gasteiger partial charge on any atom is -0.397 e. The fraction of sp³-hybridized carbons (Fsp3) is 0.538. The van der Waals surface area contributed by atoms with Gasteiger partial charge >= 0.3 is 0 Å². The summed E-state index contributed by atoms with van der Waals surface area (Å²) in [5, 5.41) is 0.669. The van der Waals surface area contributed by atoms with Gasteiger partial charge in [0.15, 0.2) is 0 Å². The van der Waals surface area contributed by atoms with Gasteiger partial charge in [-0.2, -0.15) is 0 Å². The van der Waals surface area contributed by atoms with Crippen molar-refractivity contribution < 1.29 is 9.59 Å². The first-order chi connectivity index (χ1) is 9.31. The Hall–Kier alpha value is -1.76. The van der Waals surface area contributed by atoms with E-state index in [9.17, 15) is 9.59 Å². The van der Waals surface area contributed by atoms with Gasteiger partial charge in [0.2, 0.25) is 0 Å². The molecule has 2 heterocycles. The summed E-state index contributed by atoms with van der Waals surface area (Å²) >= 11 is 1.16. The number of nitrogen functional groups attached to an aromatic ring is 1. The third-order valence-electron chi connectivity index (χ3n) is 3.55. The molecule has 1 aromatic rings. The Morgan fingerprint density at radius 2 is 1.70 bits per heavy atom. The molecule has 6 nitrogen and oxygen atoms in total. The molecule has 7 heteroatoms. The first kappa shape index (κ1) is 14.6. The largest absolute Gasteiger partial charge is 0.397 e. The SMILES string of the molecule is CC1CC(C)CN(c2sc(C(N)=O)c(N)c2C(N)=O)C1. The molecule has 0 saturated carbocycles. The summed E-state index contributed by atoms with van der Waals surface area (Å²) in [6.07, 6.45) is 1.14. The third kappa shape index (κ3) is 2.58. The number of nitrogens with zero attached hydrogens (tertiary/aromatic N) is 1. The fourth-order valence-corrected chi connectivity index (χ4v) is 4.00. The Morgan fingerprint density at radius 1 is 1.15 bits per heavy atom. The molecule has 2 amide bonds. The second-order valence-corrected chi connectivity index (χ2v) is 6.60. The van der Waals surface area contributed by atoms with Gasteiger partial charge in [-0.3, -0.25) is 9.59 Å². The molecule has 0 aromatic carbocycles. The third-order valence-corrected chi connectivity index (χ3v) is 4.83. The van der Waals surface area contributed by atoms with Crippen LogP contribution in [0.15, 0.2) is 0 Å². The summed E-state index contributed by atoms with van der Waals surface area (Å²) in [7, 11) is 0. The smallest absolute Gasteiger partial charge is 0.260 e. The summed E-state index contributed by atoms with van der Waals surface area (Å²) in [4.78, 5) is 25.4. The predicted molar refractivity (Wildman–Crippen MR) is 80.9 cm³/mol. The minimum absolute atomic E-state index is 0.107. The van der Waals surface area contributed by atoms with Crippen molar-refractivity contribution >= 4 is 33.8 Å². The van der Waals surface area contributed by atoms with Gasteiger partial charge in [0.05, 0.1) is 11.3 Å². The summed E-state index contributed by atoms with van der Waals surface area (Å²) in [6, 6.07) is 0. The fourth-order valence-electron chi connectivity index (χ4n) is 2.90. The Labute approximate surface area is 121 Å². The average Bonchev–Trinajstić information content (AvgIpc) is 2.65. The molecule has 2 atom stereocenters. The van der Waals surface area contributed by atoms with Crippen molar-refractivity contribution in [2.75, 3.05) is 23.7 Å². The molecular formula is C13H20N4O2S. The number of rotatable bonds is 3. The van der Waals surface area contributed by atoms with E-state index >= 15 is 0 Å². The number of hydrogen-bond donors (Lipinski definition) is 3. The number of carbonyl (C=O) groups is 2. The van der Waals surface area contributed by atoms with Crippen LogP contribution in [0, 0.1) is 11.8 Å². The lowest BCUT2D eigenvalue weighted by molar-refractivity contribution is 0.0999. The van der Waals surface area contributed by atoms with Gasteiger partial charge < -0.3 is 22.1 Å². The number of carbonyl (C=O) groups excluding carboxylic acids is 2. The molecule has 0 bridgehead atoms. The van der Waals surface area contributed by atoms with Gasteiger partial charge in [-0.15, -0.1) is 11.3 Å². The van der Waals surface area contributed by atoms with E-state index in [0.29, 0.717) is 16.8 Å². The Morgan fingerprint density at radius 3 is 2.15 bits per heavy atom. The molecule has 2 unspecified atom stereocenters. The number of primary amides is 2. The van der Waals surface area contributed by atoms with E-state index in [2.05, 4.69) is 18.7 Å². The molecular weight excluding hydrogens is 276 g/mol. The van der Waals surface area contributed by atoms with E-state index in [1.54, 1.807) is 0 Å². The van der Waals surface area contributed by atoms with Crippen LogP contribution < -0.4 is 22.1 Å². The summed E-state index contributed by atoms with van der Waals surface area (Å²) in [5.41, 5.74) is 16.9. The molecule has 6 N–H and O–H groups in total. The lowest BCUT2D eigenvalue weighted by Gasteiger charge is -2.36. The second-order valence-electron chi connectivity index (χ2n) is 5.60. The summed E-state index contributed by atoms with van der Waals surface area (Å²) in [6.45, 7) is 5.97. The zero-order valence-electron chi connectivity index (χ0n) is 11.7. The van der Waals surface area contributed by atoms with Crippen molar-refractivity contribution in [2.24, 2.45) is 23.3 Å². The van der Waals surface area contributed by atoms with Crippen LogP contribution in [-0.4, -0.2) is 24.9 Å². The molecule has 1 saturated heterocycles. The van der Waals surface area contributed by atoms with Crippen molar-refractivity contribution in [3.05, 3.63) is 10.4 Å². The Bertz CT molecular complexity index is 545. The average molecular weight is 296 g/mol. The van der Waals surface area contributed by atoms with E-state index < -0.39 is 11.8 Å². The van der Waals surface area contributed by atoms with Crippen LogP contribution in [0.3, 0.4) is 0 Å². The van der Waals surface area contributed by atoms with E-state index in [0.717, 1.165) is 30.8 Å². The van der Waals surface area contributed by atoms with Crippen LogP contribution in [0.1, 0.15) is 40.3 Å². The molecule has 0 radical (unpaired) electrons. The monoisotopic (exact) mass is 296 g/mol. The van der Waals surface area contributed by atoms with Gasteiger partial charge in [0.1, 0.15) is 9.88 Å². The standard InChI is InChI=1S/C13H20N4O2S/c1-6-3-7(2)5-17(4-6)13-8(11(15)18)9(14)10(20-13)12(16)19/h6-7H,3-5,14H2,1-2H3,(H2,15,18)(H2,16,19). The predicted octanol–water partition coefficient (Wildman–Crippen LogP) is 1.01. The highest BCUT2D eigenvalue weighted by Crippen LogP contribution is 2.40. The van der Waals surface area contributed by atoms with Crippen molar-refractivity contribution in [1.29, 1.82) is 0 Å². The van der Waals surface area contributed by atoms with Gasteiger partial charge in [-0.05, 0) is 18.3 Å². The molecule has 20 heavy (non-hydrogen) atoms. The van der Waals surface area contributed by atoms with Gasteiger partial charge in [0.25, 0.3) is 11.8 Å². The minimum atomic E-state index is -0.626. The number of hydrogen-bond acceptors (Lipinski definition) is 5. The number of piperidine rings is 1. The zero-order chi connectivity index (χ0) is 15.0. The van der Waals surface area contributed by atoms with Crippen molar-refractivity contribution in [3.63, 3.8) is 0 Å². The molecule has 1 fully saturated rings. The van der Waals surface area contributed by atoms with Crippen LogP contribution in [-0.2, 0) is 0 Å². The highest BCUT2D eigenvalue weighted by molar-refractivity contribution is 7.19. The number of amides is 2. The number of nitrogens with two attached hydrogens (primary N) is 3. The van der Waals surface area contributed by atoms with Crippen molar-refractivity contribution in [1.82, 2.24) is 0 Å². The lowest BCUT2D eigenvalue weighted by Crippen LogP contribution is -2.39. The topological polar surface area (TPSA) is 115 Å². The molecule has 2 rings (SSSR count). The van der Waals surface area contributed by atoms with Crippen molar-refractivity contribution in [2.45, 2.75) is 20.3 Å². The number of thiophene rings is 1. The van der Waals surface area contributed by atoms with Crippen LogP contribution in [0.4, 0.5) is 10.7 Å². The highest BCUT2D eigenvalue weighted by atomic mass is 32.1. The normalized spacial score (nSPS) is 22.8. The Kier molecular flexibility index (Phi) is 3.89. The summed E-state index contributed by atoms with van der Waals surface area (Å²) < 4.78 is 0. The van der Waals surface area contributed by atoms with Gasteiger partial charge in [0, 0.05) is 13.1 Å². The molecule has 110 valence electrons. The van der Waals surface area contributed by atoms with Crippen LogP contribution >= 0.6 is 11.3 Å². The van der Waals surface area contributed by atoms with Gasteiger partial charge in [-0.25, -0.2) is 0 Å². The van der Waals surface area contributed by atoms with Crippen LogP contribution in [0.25, 0.3) is 0 Å². The van der Waals surface area contributed by atoms with E-state index in [1.807, 2.05) is 0 Å². The maximum absolute atomic E-state index is 11.7.